The second-order valence-corrected chi connectivity index (χ2v) is 7.20. The Bertz CT molecular complexity index is 853. The highest BCUT2D eigenvalue weighted by Crippen LogP contribution is 2.30. The number of amides is 2. The fourth-order valence-corrected chi connectivity index (χ4v) is 3.51. The quantitative estimate of drug-likeness (QED) is 0.821. The standard InChI is InChI=1S/C22H23F3N2O2/c23-22(24,25)19-10-4-8-17(14-19)21(29)27-13-5-9-18(15-27)20(28)26-12-11-16-6-2-1-3-7-16/h1-4,6-8,10,14,18H,5,9,11-13,15H2,(H,26,28)/t18-/m0/s1. The van der Waals surface area contributed by atoms with Gasteiger partial charge in [0, 0.05) is 25.2 Å². The summed E-state index contributed by atoms with van der Waals surface area (Å²) in [5.41, 5.74) is 0.262. The van der Waals surface area contributed by atoms with E-state index in [0.29, 0.717) is 32.4 Å². The van der Waals surface area contributed by atoms with Gasteiger partial charge in [-0.05, 0) is 43.0 Å². The van der Waals surface area contributed by atoms with Crippen molar-refractivity contribution in [2.24, 2.45) is 5.92 Å². The Morgan fingerprint density at radius 1 is 1.07 bits per heavy atom. The molecule has 2 aromatic carbocycles. The molecule has 0 bridgehead atoms. The zero-order chi connectivity index (χ0) is 20.9. The number of nitrogens with zero attached hydrogens (tertiary/aromatic N) is 1. The van der Waals surface area contributed by atoms with E-state index >= 15 is 0 Å². The van der Waals surface area contributed by atoms with Gasteiger partial charge in [0.25, 0.3) is 5.91 Å². The Balaban J connectivity index is 1.57. The molecule has 0 aliphatic carbocycles. The van der Waals surface area contributed by atoms with Gasteiger partial charge in [-0.1, -0.05) is 36.4 Å². The molecular weight excluding hydrogens is 381 g/mol. The third-order valence-corrected chi connectivity index (χ3v) is 5.07. The molecule has 1 atom stereocenters. The molecule has 7 heteroatoms. The first-order valence-electron chi connectivity index (χ1n) is 9.63. The summed E-state index contributed by atoms with van der Waals surface area (Å²) in [6.07, 6.45) is -2.49. The summed E-state index contributed by atoms with van der Waals surface area (Å²) in [6, 6.07) is 14.2. The lowest BCUT2D eigenvalue weighted by Crippen LogP contribution is -2.45. The number of halogens is 3. The Morgan fingerprint density at radius 3 is 2.55 bits per heavy atom. The SMILES string of the molecule is O=C(NCCc1ccccc1)[C@H]1CCCN(C(=O)c2cccc(C(F)(F)F)c2)C1. The minimum atomic E-state index is -4.50. The molecule has 0 radical (unpaired) electrons. The maximum absolute atomic E-state index is 12.9. The van der Waals surface area contributed by atoms with Crippen LogP contribution >= 0.6 is 0 Å². The molecular formula is C22H23F3N2O2. The average molecular weight is 404 g/mol. The second kappa shape index (κ2) is 9.11. The number of likely N-dealkylation sites (tertiary alicyclic amines) is 1. The van der Waals surface area contributed by atoms with Gasteiger partial charge in [-0.2, -0.15) is 13.2 Å². The van der Waals surface area contributed by atoms with Crippen molar-refractivity contribution in [1.82, 2.24) is 10.2 Å². The Kier molecular flexibility index (Phi) is 6.56. The van der Waals surface area contributed by atoms with Crippen LogP contribution in [0, 0.1) is 5.92 Å². The van der Waals surface area contributed by atoms with E-state index in [1.807, 2.05) is 30.3 Å². The van der Waals surface area contributed by atoms with E-state index in [0.717, 1.165) is 17.7 Å². The van der Waals surface area contributed by atoms with Crippen molar-refractivity contribution in [2.75, 3.05) is 19.6 Å². The number of piperidine rings is 1. The minimum absolute atomic E-state index is 0.00930. The molecule has 0 saturated carbocycles. The maximum Gasteiger partial charge on any atom is 0.416 e. The number of benzene rings is 2. The number of nitrogens with one attached hydrogen (secondary N) is 1. The lowest BCUT2D eigenvalue weighted by atomic mass is 9.96. The van der Waals surface area contributed by atoms with Crippen LogP contribution in [0.15, 0.2) is 54.6 Å². The van der Waals surface area contributed by atoms with Gasteiger partial charge in [0.05, 0.1) is 11.5 Å². The number of alkyl halides is 3. The van der Waals surface area contributed by atoms with Crippen LogP contribution < -0.4 is 5.32 Å². The van der Waals surface area contributed by atoms with Crippen LogP contribution in [-0.2, 0) is 17.4 Å². The highest BCUT2D eigenvalue weighted by atomic mass is 19.4. The summed E-state index contributed by atoms with van der Waals surface area (Å²) in [5.74, 6) is -0.949. The maximum atomic E-state index is 12.9. The summed E-state index contributed by atoms with van der Waals surface area (Å²) in [4.78, 5) is 26.6. The molecule has 154 valence electrons. The van der Waals surface area contributed by atoms with Crippen LogP contribution in [0.3, 0.4) is 0 Å². The van der Waals surface area contributed by atoms with Crippen LogP contribution in [0.1, 0.15) is 34.3 Å². The molecule has 1 aliphatic heterocycles. The van der Waals surface area contributed by atoms with Gasteiger partial charge in [0.15, 0.2) is 0 Å². The first kappa shape index (κ1) is 20.9. The van der Waals surface area contributed by atoms with Crippen molar-refractivity contribution < 1.29 is 22.8 Å². The molecule has 1 heterocycles. The predicted molar refractivity (Wildman–Crippen MR) is 103 cm³/mol. The molecule has 0 spiro atoms. The first-order chi connectivity index (χ1) is 13.8. The smallest absolute Gasteiger partial charge is 0.355 e. The fraction of sp³-hybridized carbons (Fsp3) is 0.364. The molecule has 3 rings (SSSR count). The van der Waals surface area contributed by atoms with Gasteiger partial charge in [0.1, 0.15) is 0 Å². The van der Waals surface area contributed by atoms with Gasteiger partial charge >= 0.3 is 6.18 Å². The Hall–Kier alpha value is -2.83. The summed E-state index contributed by atoms with van der Waals surface area (Å²) in [5, 5.41) is 2.90. The summed E-state index contributed by atoms with van der Waals surface area (Å²) in [6.45, 7) is 1.15. The van der Waals surface area contributed by atoms with Gasteiger partial charge < -0.3 is 10.2 Å². The van der Waals surface area contributed by atoms with Gasteiger partial charge in [0.2, 0.25) is 5.91 Å². The van der Waals surface area contributed by atoms with E-state index in [1.165, 1.54) is 17.0 Å². The van der Waals surface area contributed by atoms with Crippen LogP contribution in [0.5, 0.6) is 0 Å². The summed E-state index contributed by atoms with van der Waals surface area (Å²) >= 11 is 0. The molecule has 4 nitrogen and oxygen atoms in total. The van der Waals surface area contributed by atoms with Gasteiger partial charge in [-0.15, -0.1) is 0 Å². The van der Waals surface area contributed by atoms with Crippen LogP contribution in [-0.4, -0.2) is 36.3 Å². The van der Waals surface area contributed by atoms with E-state index in [-0.39, 0.29) is 23.9 Å². The van der Waals surface area contributed by atoms with Crippen molar-refractivity contribution >= 4 is 11.8 Å². The molecule has 0 aromatic heterocycles. The molecule has 2 amide bonds. The van der Waals surface area contributed by atoms with E-state index in [2.05, 4.69) is 5.32 Å². The zero-order valence-electron chi connectivity index (χ0n) is 15.9. The van der Waals surface area contributed by atoms with E-state index in [1.54, 1.807) is 0 Å². The average Bonchev–Trinajstić information content (AvgIpc) is 2.73. The van der Waals surface area contributed by atoms with Crippen molar-refractivity contribution in [2.45, 2.75) is 25.4 Å². The first-order valence-corrected chi connectivity index (χ1v) is 9.63. The molecule has 1 aliphatic rings. The monoisotopic (exact) mass is 404 g/mol. The molecule has 2 aromatic rings. The second-order valence-electron chi connectivity index (χ2n) is 7.20. The van der Waals surface area contributed by atoms with Crippen LogP contribution in [0.2, 0.25) is 0 Å². The molecule has 1 saturated heterocycles. The molecule has 1 N–H and O–H groups in total. The number of hydrogen-bond acceptors (Lipinski definition) is 2. The van der Waals surface area contributed by atoms with Gasteiger partial charge in [-0.25, -0.2) is 0 Å². The largest absolute Gasteiger partial charge is 0.416 e. The Morgan fingerprint density at radius 2 is 1.83 bits per heavy atom. The summed E-state index contributed by atoms with van der Waals surface area (Å²) in [7, 11) is 0. The van der Waals surface area contributed by atoms with Crippen molar-refractivity contribution in [3.8, 4) is 0 Å². The van der Waals surface area contributed by atoms with E-state index in [9.17, 15) is 22.8 Å². The summed E-state index contributed by atoms with van der Waals surface area (Å²) < 4.78 is 38.7. The highest BCUT2D eigenvalue weighted by molar-refractivity contribution is 5.95. The number of rotatable bonds is 5. The van der Waals surface area contributed by atoms with Crippen LogP contribution in [0.25, 0.3) is 0 Å². The zero-order valence-corrected chi connectivity index (χ0v) is 15.9. The number of carbonyl (C=O) groups is 2. The third kappa shape index (κ3) is 5.59. The Labute approximate surface area is 167 Å². The minimum Gasteiger partial charge on any atom is -0.355 e. The lowest BCUT2D eigenvalue weighted by Gasteiger charge is -2.32. The van der Waals surface area contributed by atoms with Crippen LogP contribution in [0.4, 0.5) is 13.2 Å². The number of hydrogen-bond donors (Lipinski definition) is 1. The van der Waals surface area contributed by atoms with Crippen molar-refractivity contribution in [1.29, 1.82) is 0 Å². The molecule has 0 unspecified atom stereocenters. The van der Waals surface area contributed by atoms with Gasteiger partial charge in [-0.3, -0.25) is 9.59 Å². The highest BCUT2D eigenvalue weighted by Gasteiger charge is 2.32. The normalized spacial score (nSPS) is 17.1. The third-order valence-electron chi connectivity index (χ3n) is 5.07. The molecule has 1 fully saturated rings. The van der Waals surface area contributed by atoms with Crippen molar-refractivity contribution in [3.63, 3.8) is 0 Å². The number of carbonyl (C=O) groups excluding carboxylic acids is 2. The van der Waals surface area contributed by atoms with Crippen molar-refractivity contribution in [3.05, 3.63) is 71.3 Å². The topological polar surface area (TPSA) is 49.4 Å². The fourth-order valence-electron chi connectivity index (χ4n) is 3.51. The molecule has 29 heavy (non-hydrogen) atoms. The van der Waals surface area contributed by atoms with E-state index in [4.69, 9.17) is 0 Å². The van der Waals surface area contributed by atoms with E-state index < -0.39 is 17.6 Å². The predicted octanol–water partition coefficient (Wildman–Crippen LogP) is 3.92. The lowest BCUT2D eigenvalue weighted by molar-refractivity contribution is -0.137.